The third-order valence-corrected chi connectivity index (χ3v) is 6.48. The molecule has 0 aromatic rings. The highest BCUT2D eigenvalue weighted by Crippen LogP contribution is 2.60. The van der Waals surface area contributed by atoms with E-state index in [9.17, 15) is 0 Å². The van der Waals surface area contributed by atoms with E-state index in [2.05, 4.69) is 50.1 Å². The summed E-state index contributed by atoms with van der Waals surface area (Å²) in [6.07, 6.45) is 14.8. The molecule has 1 saturated heterocycles. The molecule has 108 valence electrons. The lowest BCUT2D eigenvalue weighted by Gasteiger charge is -2.46. The lowest BCUT2D eigenvalue weighted by Crippen LogP contribution is -2.41. The van der Waals surface area contributed by atoms with Gasteiger partial charge in [0.25, 0.3) is 0 Å². The summed E-state index contributed by atoms with van der Waals surface area (Å²) in [6, 6.07) is 0.748. The molecule has 0 N–H and O–H groups in total. The Labute approximate surface area is 123 Å². The third kappa shape index (κ3) is 1.61. The lowest BCUT2D eigenvalue weighted by molar-refractivity contribution is 0.0739. The second-order valence-corrected chi connectivity index (χ2v) is 7.37. The zero-order valence-corrected chi connectivity index (χ0v) is 13.0. The van der Waals surface area contributed by atoms with Crippen molar-refractivity contribution in [2.75, 3.05) is 0 Å². The van der Waals surface area contributed by atoms with Gasteiger partial charge in [-0.3, -0.25) is 0 Å². The molecule has 0 bridgehead atoms. The molecule has 6 atom stereocenters. The first-order valence-corrected chi connectivity index (χ1v) is 8.63. The van der Waals surface area contributed by atoms with Crippen LogP contribution in [0.25, 0.3) is 0 Å². The van der Waals surface area contributed by atoms with E-state index >= 15 is 0 Å². The van der Waals surface area contributed by atoms with Crippen molar-refractivity contribution in [1.29, 1.82) is 0 Å². The van der Waals surface area contributed by atoms with Crippen LogP contribution in [0.3, 0.4) is 0 Å². The Kier molecular flexibility index (Phi) is 2.87. The maximum Gasteiger partial charge on any atom is 0.0768 e. The molecule has 4 aliphatic rings. The topological polar surface area (TPSA) is 3.01 Å². The van der Waals surface area contributed by atoms with E-state index in [0.29, 0.717) is 0 Å². The van der Waals surface area contributed by atoms with Gasteiger partial charge in [0, 0.05) is 11.9 Å². The number of fused-ring (bicyclic) bond motifs is 3. The standard InChI is InChI=1S/C19H27N/c1-4-13-10-12(3)17-14(5-2)18-19-15(16(17)11-13)8-6-7-9-20(18)19/h6-9,12-14,16-18H,4-5,10-11H2,1-3H3/t12?,13-,14?,16?,17?,18?,20?/m1/s1. The van der Waals surface area contributed by atoms with Gasteiger partial charge < -0.3 is 4.90 Å². The zero-order chi connectivity index (χ0) is 13.9. The van der Waals surface area contributed by atoms with Gasteiger partial charge in [-0.1, -0.05) is 45.8 Å². The maximum atomic E-state index is 2.56. The van der Waals surface area contributed by atoms with Crippen molar-refractivity contribution in [3.63, 3.8) is 0 Å². The summed E-state index contributed by atoms with van der Waals surface area (Å²) in [5, 5.41) is 0. The molecule has 0 amide bonds. The van der Waals surface area contributed by atoms with Gasteiger partial charge in [0.05, 0.1) is 6.04 Å². The quantitative estimate of drug-likeness (QED) is 0.655. The number of hydrogen-bond donors (Lipinski definition) is 0. The van der Waals surface area contributed by atoms with Crippen LogP contribution in [-0.2, 0) is 0 Å². The van der Waals surface area contributed by atoms with Gasteiger partial charge >= 0.3 is 0 Å². The highest BCUT2D eigenvalue weighted by molar-refractivity contribution is 5.49. The van der Waals surface area contributed by atoms with Gasteiger partial charge in [0.2, 0.25) is 0 Å². The molecule has 1 saturated carbocycles. The van der Waals surface area contributed by atoms with E-state index in [1.165, 1.54) is 25.7 Å². The Balaban J connectivity index is 1.76. The number of rotatable bonds is 2. The van der Waals surface area contributed by atoms with Crippen molar-refractivity contribution >= 4 is 0 Å². The highest BCUT2D eigenvalue weighted by Gasteiger charge is 2.57. The van der Waals surface area contributed by atoms with Crippen LogP contribution in [0, 0.1) is 29.6 Å². The van der Waals surface area contributed by atoms with E-state index in [-0.39, 0.29) is 0 Å². The molecule has 1 heteroatoms. The van der Waals surface area contributed by atoms with Crippen molar-refractivity contribution in [2.45, 2.75) is 52.5 Å². The molecular weight excluding hydrogens is 242 g/mol. The highest BCUT2D eigenvalue weighted by atomic mass is 15.3. The van der Waals surface area contributed by atoms with Crippen molar-refractivity contribution < 1.29 is 0 Å². The minimum Gasteiger partial charge on any atom is -0.340 e. The maximum absolute atomic E-state index is 2.56. The van der Waals surface area contributed by atoms with Crippen LogP contribution in [0.1, 0.15) is 46.5 Å². The summed E-state index contributed by atoms with van der Waals surface area (Å²) in [6.45, 7) is 7.32. The number of nitrogens with zero attached hydrogens (tertiary/aromatic N) is 1. The zero-order valence-electron chi connectivity index (χ0n) is 13.0. The fourth-order valence-corrected chi connectivity index (χ4v) is 5.61. The Morgan fingerprint density at radius 1 is 1.15 bits per heavy atom. The van der Waals surface area contributed by atoms with Crippen LogP contribution in [0.2, 0.25) is 0 Å². The van der Waals surface area contributed by atoms with Gasteiger partial charge in [0.15, 0.2) is 0 Å². The summed E-state index contributed by atoms with van der Waals surface area (Å²) in [5.41, 5.74) is 3.37. The van der Waals surface area contributed by atoms with Gasteiger partial charge in [-0.2, -0.15) is 0 Å². The fourth-order valence-electron chi connectivity index (χ4n) is 5.61. The Hall–Kier alpha value is -0.980. The predicted molar refractivity (Wildman–Crippen MR) is 83.9 cm³/mol. The summed E-state index contributed by atoms with van der Waals surface area (Å²) in [5.74, 6) is 4.50. The first-order valence-electron chi connectivity index (χ1n) is 8.63. The molecule has 0 aromatic heterocycles. The normalized spacial score (nSPS) is 45.0. The molecule has 0 radical (unpaired) electrons. The van der Waals surface area contributed by atoms with Crippen molar-refractivity contribution in [3.05, 3.63) is 35.7 Å². The van der Waals surface area contributed by atoms with E-state index in [0.717, 1.165) is 35.6 Å². The number of hydrogen-bond acceptors (Lipinski definition) is 1. The molecule has 0 aromatic carbocycles. The molecule has 1 nitrogen and oxygen atoms in total. The third-order valence-electron chi connectivity index (χ3n) is 6.48. The summed E-state index contributed by atoms with van der Waals surface area (Å²) in [7, 11) is 0. The van der Waals surface area contributed by atoms with Crippen LogP contribution in [0.15, 0.2) is 35.7 Å². The lowest BCUT2D eigenvalue weighted by atomic mass is 9.58. The predicted octanol–water partition coefficient (Wildman–Crippen LogP) is 4.74. The van der Waals surface area contributed by atoms with E-state index in [4.69, 9.17) is 0 Å². The van der Waals surface area contributed by atoms with Crippen LogP contribution in [0.4, 0.5) is 0 Å². The SMILES string of the molecule is CCC1C2C(C)C[C@@H](CC)CC2C2=C3C1N3C=CC=C2. The average molecular weight is 269 g/mol. The van der Waals surface area contributed by atoms with Gasteiger partial charge in [-0.25, -0.2) is 0 Å². The first kappa shape index (κ1) is 12.7. The summed E-state index contributed by atoms with van der Waals surface area (Å²) in [4.78, 5) is 2.56. The van der Waals surface area contributed by atoms with Gasteiger partial charge in [-0.05, 0) is 54.1 Å². The molecule has 2 fully saturated rings. The monoisotopic (exact) mass is 269 g/mol. The summed E-state index contributed by atoms with van der Waals surface area (Å²) >= 11 is 0. The average Bonchev–Trinajstić information content (AvgIpc) is 3.19. The van der Waals surface area contributed by atoms with Gasteiger partial charge in [0.1, 0.15) is 0 Å². The van der Waals surface area contributed by atoms with E-state index < -0.39 is 0 Å². The molecule has 5 unspecified atom stereocenters. The summed E-state index contributed by atoms with van der Waals surface area (Å²) < 4.78 is 0. The van der Waals surface area contributed by atoms with E-state index in [1.54, 1.807) is 11.3 Å². The Morgan fingerprint density at radius 2 is 2.00 bits per heavy atom. The minimum absolute atomic E-state index is 0.748. The molecule has 20 heavy (non-hydrogen) atoms. The molecule has 2 heterocycles. The van der Waals surface area contributed by atoms with Gasteiger partial charge in [-0.15, -0.1) is 0 Å². The largest absolute Gasteiger partial charge is 0.340 e. The Bertz CT molecular complexity index is 498. The van der Waals surface area contributed by atoms with Crippen molar-refractivity contribution in [2.24, 2.45) is 29.6 Å². The fraction of sp³-hybridized carbons (Fsp3) is 0.684. The van der Waals surface area contributed by atoms with E-state index in [1.807, 2.05) is 0 Å². The molecule has 2 aliphatic carbocycles. The Morgan fingerprint density at radius 3 is 2.75 bits per heavy atom. The minimum atomic E-state index is 0.748. The van der Waals surface area contributed by atoms with Crippen molar-refractivity contribution in [3.8, 4) is 0 Å². The molecule has 0 spiro atoms. The second kappa shape index (κ2) is 4.51. The second-order valence-electron chi connectivity index (χ2n) is 7.37. The van der Waals surface area contributed by atoms with Crippen molar-refractivity contribution in [1.82, 2.24) is 4.90 Å². The smallest absolute Gasteiger partial charge is 0.0768 e. The van der Waals surface area contributed by atoms with Crippen LogP contribution in [0.5, 0.6) is 0 Å². The van der Waals surface area contributed by atoms with Crippen LogP contribution >= 0.6 is 0 Å². The molecular formula is C19H27N. The first-order chi connectivity index (χ1) is 9.76. The van der Waals surface area contributed by atoms with Crippen LogP contribution in [-0.4, -0.2) is 10.9 Å². The van der Waals surface area contributed by atoms with Crippen LogP contribution < -0.4 is 0 Å². The molecule has 2 aliphatic heterocycles. The molecule has 4 rings (SSSR count). The number of allylic oxidation sites excluding steroid dienone is 4.